The molecule has 1 atom stereocenters. The number of nitrogens with one attached hydrogen (secondary N) is 1. The molecule has 0 radical (unpaired) electrons. The molecular formula is C18H31N. The predicted octanol–water partition coefficient (Wildman–Crippen LogP) is 4.81. The molecule has 1 aromatic carbocycles. The second kappa shape index (κ2) is 10.0. The monoisotopic (exact) mass is 261 g/mol. The van der Waals surface area contributed by atoms with Gasteiger partial charge in [-0.25, -0.2) is 0 Å². The lowest BCUT2D eigenvalue weighted by atomic mass is 9.89. The first-order chi connectivity index (χ1) is 9.31. The van der Waals surface area contributed by atoms with Gasteiger partial charge in [-0.3, -0.25) is 0 Å². The van der Waals surface area contributed by atoms with Crippen LogP contribution in [0.25, 0.3) is 0 Å². The molecule has 1 N–H and O–H groups in total. The lowest BCUT2D eigenvalue weighted by molar-refractivity contribution is 0.313. The number of rotatable bonds is 10. The largest absolute Gasteiger partial charge is 0.314 e. The van der Waals surface area contributed by atoms with Gasteiger partial charge in [-0.05, 0) is 43.7 Å². The van der Waals surface area contributed by atoms with Gasteiger partial charge >= 0.3 is 0 Å². The third-order valence-electron chi connectivity index (χ3n) is 4.10. The number of hydrogen-bond donors (Lipinski definition) is 1. The van der Waals surface area contributed by atoms with Crippen molar-refractivity contribution < 1.29 is 0 Å². The molecule has 1 rings (SSSR count). The summed E-state index contributed by atoms with van der Waals surface area (Å²) in [6.07, 6.45) is 7.64. The van der Waals surface area contributed by atoms with Crippen molar-refractivity contribution in [2.75, 3.05) is 6.54 Å². The van der Waals surface area contributed by atoms with Gasteiger partial charge in [-0.2, -0.15) is 0 Å². The summed E-state index contributed by atoms with van der Waals surface area (Å²) >= 11 is 0. The Morgan fingerprint density at radius 1 is 1.00 bits per heavy atom. The van der Waals surface area contributed by atoms with Crippen LogP contribution in [0.3, 0.4) is 0 Å². The van der Waals surface area contributed by atoms with Crippen molar-refractivity contribution in [2.24, 2.45) is 5.92 Å². The van der Waals surface area contributed by atoms with E-state index < -0.39 is 0 Å². The summed E-state index contributed by atoms with van der Waals surface area (Å²) in [5, 5.41) is 3.76. The highest BCUT2D eigenvalue weighted by Gasteiger charge is 2.16. The molecule has 0 saturated carbocycles. The van der Waals surface area contributed by atoms with Crippen molar-refractivity contribution in [2.45, 2.75) is 65.3 Å². The second-order valence-electron chi connectivity index (χ2n) is 5.52. The Morgan fingerprint density at radius 2 is 1.68 bits per heavy atom. The molecule has 0 aromatic heterocycles. The van der Waals surface area contributed by atoms with Crippen LogP contribution in [-0.4, -0.2) is 12.6 Å². The van der Waals surface area contributed by atoms with E-state index in [1.54, 1.807) is 0 Å². The van der Waals surface area contributed by atoms with Gasteiger partial charge in [0.2, 0.25) is 0 Å². The smallest absolute Gasteiger partial charge is 0.00952 e. The third-order valence-corrected chi connectivity index (χ3v) is 4.10. The molecule has 0 aliphatic heterocycles. The lowest BCUT2D eigenvalue weighted by Gasteiger charge is -2.26. The van der Waals surface area contributed by atoms with Gasteiger partial charge in [-0.1, -0.05) is 63.9 Å². The zero-order valence-electron chi connectivity index (χ0n) is 13.0. The van der Waals surface area contributed by atoms with E-state index in [4.69, 9.17) is 0 Å². The van der Waals surface area contributed by atoms with E-state index in [-0.39, 0.29) is 0 Å². The van der Waals surface area contributed by atoms with Crippen molar-refractivity contribution in [1.29, 1.82) is 0 Å². The van der Waals surface area contributed by atoms with Crippen molar-refractivity contribution in [3.8, 4) is 0 Å². The fraction of sp³-hybridized carbons (Fsp3) is 0.667. The van der Waals surface area contributed by atoms with E-state index in [0.29, 0.717) is 6.04 Å². The molecule has 0 bridgehead atoms. The van der Waals surface area contributed by atoms with E-state index in [2.05, 4.69) is 56.4 Å². The first kappa shape index (κ1) is 16.2. The second-order valence-corrected chi connectivity index (χ2v) is 5.52. The van der Waals surface area contributed by atoms with Gasteiger partial charge in [0.05, 0.1) is 0 Å². The maximum atomic E-state index is 3.76. The van der Waals surface area contributed by atoms with Gasteiger partial charge in [0.25, 0.3) is 0 Å². The average molecular weight is 261 g/mol. The SMILES string of the molecule is CCCNC(CCCc1ccccc1)C(CC)CC. The molecule has 108 valence electrons. The fourth-order valence-corrected chi connectivity index (χ4v) is 2.86. The van der Waals surface area contributed by atoms with Crippen molar-refractivity contribution in [3.05, 3.63) is 35.9 Å². The minimum absolute atomic E-state index is 0.707. The summed E-state index contributed by atoms with van der Waals surface area (Å²) in [7, 11) is 0. The van der Waals surface area contributed by atoms with Crippen LogP contribution in [0.2, 0.25) is 0 Å². The predicted molar refractivity (Wildman–Crippen MR) is 85.5 cm³/mol. The number of benzene rings is 1. The topological polar surface area (TPSA) is 12.0 Å². The molecule has 0 fully saturated rings. The highest BCUT2D eigenvalue weighted by atomic mass is 14.9. The molecule has 1 unspecified atom stereocenters. The first-order valence-electron chi connectivity index (χ1n) is 8.09. The Balaban J connectivity index is 2.39. The third kappa shape index (κ3) is 6.24. The summed E-state index contributed by atoms with van der Waals surface area (Å²) in [5.74, 6) is 0.835. The summed E-state index contributed by atoms with van der Waals surface area (Å²) < 4.78 is 0. The summed E-state index contributed by atoms with van der Waals surface area (Å²) in [6.45, 7) is 8.06. The van der Waals surface area contributed by atoms with E-state index in [1.165, 1.54) is 44.1 Å². The molecular weight excluding hydrogens is 230 g/mol. The molecule has 1 nitrogen and oxygen atoms in total. The van der Waals surface area contributed by atoms with Crippen LogP contribution in [0, 0.1) is 5.92 Å². The zero-order valence-corrected chi connectivity index (χ0v) is 13.0. The normalized spacial score (nSPS) is 12.8. The van der Waals surface area contributed by atoms with Gasteiger partial charge in [0.1, 0.15) is 0 Å². The van der Waals surface area contributed by atoms with Crippen LogP contribution in [0.4, 0.5) is 0 Å². The Bertz CT molecular complexity index is 303. The van der Waals surface area contributed by atoms with Crippen LogP contribution in [0.15, 0.2) is 30.3 Å². The standard InChI is InChI=1S/C18H31N/c1-4-15-19-18(17(5-2)6-3)14-10-13-16-11-8-7-9-12-16/h7-9,11-12,17-19H,4-6,10,13-15H2,1-3H3. The van der Waals surface area contributed by atoms with E-state index in [0.717, 1.165) is 12.5 Å². The Hall–Kier alpha value is -0.820. The highest BCUT2D eigenvalue weighted by molar-refractivity contribution is 5.14. The Morgan fingerprint density at radius 3 is 2.26 bits per heavy atom. The maximum absolute atomic E-state index is 3.76. The molecule has 0 saturated heterocycles. The molecule has 1 heteroatoms. The summed E-state index contributed by atoms with van der Waals surface area (Å²) in [6, 6.07) is 11.6. The highest BCUT2D eigenvalue weighted by Crippen LogP contribution is 2.18. The van der Waals surface area contributed by atoms with Crippen molar-refractivity contribution in [3.63, 3.8) is 0 Å². The van der Waals surface area contributed by atoms with Crippen LogP contribution >= 0.6 is 0 Å². The molecule has 0 aliphatic carbocycles. The molecule has 0 aliphatic rings. The first-order valence-corrected chi connectivity index (χ1v) is 8.09. The van der Waals surface area contributed by atoms with Gasteiger partial charge in [0, 0.05) is 6.04 Å². The average Bonchev–Trinajstić information content (AvgIpc) is 2.46. The van der Waals surface area contributed by atoms with E-state index in [1.807, 2.05) is 0 Å². The van der Waals surface area contributed by atoms with Gasteiger partial charge < -0.3 is 5.32 Å². The fourth-order valence-electron chi connectivity index (χ4n) is 2.86. The van der Waals surface area contributed by atoms with Crippen molar-refractivity contribution in [1.82, 2.24) is 5.32 Å². The maximum Gasteiger partial charge on any atom is 0.00952 e. The minimum Gasteiger partial charge on any atom is -0.314 e. The molecule has 1 aromatic rings. The molecule has 19 heavy (non-hydrogen) atoms. The van der Waals surface area contributed by atoms with Crippen molar-refractivity contribution >= 4 is 0 Å². The number of hydrogen-bond acceptors (Lipinski definition) is 1. The van der Waals surface area contributed by atoms with Crippen LogP contribution < -0.4 is 5.32 Å². The van der Waals surface area contributed by atoms with Crippen LogP contribution in [0.5, 0.6) is 0 Å². The van der Waals surface area contributed by atoms with Gasteiger partial charge in [0.15, 0.2) is 0 Å². The van der Waals surface area contributed by atoms with E-state index >= 15 is 0 Å². The zero-order chi connectivity index (χ0) is 13.9. The van der Waals surface area contributed by atoms with Crippen LogP contribution in [0.1, 0.15) is 58.4 Å². The summed E-state index contributed by atoms with van der Waals surface area (Å²) in [4.78, 5) is 0. The molecule has 0 amide bonds. The van der Waals surface area contributed by atoms with Crippen LogP contribution in [-0.2, 0) is 6.42 Å². The molecule has 0 heterocycles. The number of aryl methyl sites for hydroxylation is 1. The van der Waals surface area contributed by atoms with E-state index in [9.17, 15) is 0 Å². The summed E-state index contributed by atoms with van der Waals surface area (Å²) in [5.41, 5.74) is 1.47. The lowest BCUT2D eigenvalue weighted by Crippen LogP contribution is -2.36. The van der Waals surface area contributed by atoms with Gasteiger partial charge in [-0.15, -0.1) is 0 Å². The Labute approximate surface area is 119 Å². The quantitative estimate of drug-likeness (QED) is 0.637. The molecule has 0 spiro atoms. The Kier molecular flexibility index (Phi) is 8.57. The minimum atomic E-state index is 0.707.